The predicted molar refractivity (Wildman–Crippen MR) is 72.6 cm³/mol. The topological polar surface area (TPSA) is 91.8 Å². The average Bonchev–Trinajstić information content (AvgIpc) is 3.08. The number of rotatable bonds is 4. The van der Waals surface area contributed by atoms with Gasteiger partial charge in [-0.05, 0) is 6.92 Å². The molecule has 0 aliphatic carbocycles. The summed E-state index contributed by atoms with van der Waals surface area (Å²) >= 11 is 1.46. The van der Waals surface area contributed by atoms with Gasteiger partial charge in [-0.15, -0.1) is 11.3 Å². The summed E-state index contributed by atoms with van der Waals surface area (Å²) in [4.78, 5) is 28.8. The summed E-state index contributed by atoms with van der Waals surface area (Å²) in [7, 11) is 1.58. The number of urea groups is 1. The van der Waals surface area contributed by atoms with Crippen LogP contribution in [0.1, 0.15) is 18.0 Å². The number of thiazole rings is 1. The fourth-order valence-corrected chi connectivity index (χ4v) is 2.75. The lowest BCUT2D eigenvalue weighted by molar-refractivity contribution is -0.142. The normalized spacial score (nSPS) is 23.3. The lowest BCUT2D eigenvalue weighted by atomic mass is 10.0. The standard InChI is InChI=1S/C12H17N3O4S/c1-7(10-13-3-4-20-10)14-12(18)15(2)9-6-19-5-8(9)11(16)17/h3-4,7-9H,5-6H2,1-2H3,(H,14,18)(H,16,17). The van der Waals surface area contributed by atoms with Crippen LogP contribution in [0.5, 0.6) is 0 Å². The van der Waals surface area contributed by atoms with Gasteiger partial charge in [-0.25, -0.2) is 9.78 Å². The molecule has 8 heteroatoms. The first-order valence-corrected chi connectivity index (χ1v) is 7.12. The first-order chi connectivity index (χ1) is 9.50. The van der Waals surface area contributed by atoms with Crippen molar-refractivity contribution in [2.75, 3.05) is 20.3 Å². The highest BCUT2D eigenvalue weighted by Gasteiger charge is 2.38. The fourth-order valence-electron chi connectivity index (χ4n) is 2.11. The van der Waals surface area contributed by atoms with Crippen molar-refractivity contribution in [1.29, 1.82) is 0 Å². The maximum atomic E-state index is 12.1. The number of carbonyl (C=O) groups excluding carboxylic acids is 1. The molecule has 2 heterocycles. The van der Waals surface area contributed by atoms with Crippen LogP contribution in [0.25, 0.3) is 0 Å². The van der Waals surface area contributed by atoms with Crippen molar-refractivity contribution in [1.82, 2.24) is 15.2 Å². The number of carboxylic acid groups (broad SMARTS) is 1. The van der Waals surface area contributed by atoms with E-state index in [9.17, 15) is 9.59 Å². The zero-order chi connectivity index (χ0) is 14.7. The highest BCUT2D eigenvalue weighted by Crippen LogP contribution is 2.20. The molecule has 2 N–H and O–H groups in total. The van der Waals surface area contributed by atoms with Gasteiger partial charge in [-0.2, -0.15) is 0 Å². The zero-order valence-corrected chi connectivity index (χ0v) is 12.1. The monoisotopic (exact) mass is 299 g/mol. The minimum Gasteiger partial charge on any atom is -0.481 e. The molecule has 3 atom stereocenters. The second kappa shape index (κ2) is 6.19. The molecule has 3 unspecified atom stereocenters. The van der Waals surface area contributed by atoms with Crippen LogP contribution in [0.4, 0.5) is 4.79 Å². The lowest BCUT2D eigenvalue weighted by Gasteiger charge is -2.27. The Morgan fingerprint density at radius 1 is 1.60 bits per heavy atom. The molecule has 1 aliphatic rings. The number of aliphatic carboxylic acids is 1. The number of likely N-dealkylation sites (N-methyl/N-ethyl adjacent to an activating group) is 1. The van der Waals surface area contributed by atoms with Crippen molar-refractivity contribution in [3.8, 4) is 0 Å². The molecular formula is C12H17N3O4S. The van der Waals surface area contributed by atoms with E-state index in [1.54, 1.807) is 13.2 Å². The summed E-state index contributed by atoms with van der Waals surface area (Å²) in [6.07, 6.45) is 1.68. The average molecular weight is 299 g/mol. The molecule has 1 aromatic heterocycles. The molecule has 2 rings (SSSR count). The van der Waals surface area contributed by atoms with Gasteiger partial charge in [-0.3, -0.25) is 4.79 Å². The SMILES string of the molecule is CC(NC(=O)N(C)C1COCC1C(=O)O)c1nccs1. The van der Waals surface area contributed by atoms with Crippen LogP contribution in [-0.2, 0) is 9.53 Å². The summed E-state index contributed by atoms with van der Waals surface area (Å²) in [5, 5.41) is 14.6. The highest BCUT2D eigenvalue weighted by molar-refractivity contribution is 7.09. The number of carbonyl (C=O) groups is 2. The predicted octanol–water partition coefficient (Wildman–Crippen LogP) is 0.945. The molecule has 2 amide bonds. The summed E-state index contributed by atoms with van der Waals surface area (Å²) in [5.41, 5.74) is 0. The largest absolute Gasteiger partial charge is 0.481 e. The minimum absolute atomic E-state index is 0.139. The molecule has 1 aliphatic heterocycles. The molecule has 0 aromatic carbocycles. The van der Waals surface area contributed by atoms with Crippen molar-refractivity contribution in [3.05, 3.63) is 16.6 Å². The number of ether oxygens (including phenoxy) is 1. The Morgan fingerprint density at radius 2 is 2.35 bits per heavy atom. The van der Waals surface area contributed by atoms with E-state index in [1.165, 1.54) is 16.2 Å². The van der Waals surface area contributed by atoms with Crippen LogP contribution in [-0.4, -0.2) is 53.3 Å². The molecule has 0 spiro atoms. The van der Waals surface area contributed by atoms with Crippen molar-refractivity contribution < 1.29 is 19.4 Å². The molecule has 1 aromatic rings. The number of carboxylic acids is 1. The fraction of sp³-hybridized carbons (Fsp3) is 0.583. The molecule has 7 nitrogen and oxygen atoms in total. The van der Waals surface area contributed by atoms with E-state index in [-0.39, 0.29) is 25.3 Å². The molecule has 110 valence electrons. The van der Waals surface area contributed by atoms with Crippen LogP contribution < -0.4 is 5.32 Å². The Bertz CT molecular complexity index is 479. The van der Waals surface area contributed by atoms with Crippen LogP contribution in [0.2, 0.25) is 0 Å². The Balaban J connectivity index is 1.96. The molecule has 0 saturated carbocycles. The van der Waals surface area contributed by atoms with Crippen LogP contribution in [0.3, 0.4) is 0 Å². The Labute approximate surface area is 120 Å². The van der Waals surface area contributed by atoms with E-state index >= 15 is 0 Å². The maximum Gasteiger partial charge on any atom is 0.318 e. The molecule has 20 heavy (non-hydrogen) atoms. The molecular weight excluding hydrogens is 282 g/mol. The van der Waals surface area contributed by atoms with Gasteiger partial charge in [0, 0.05) is 18.6 Å². The summed E-state index contributed by atoms with van der Waals surface area (Å²) < 4.78 is 5.17. The van der Waals surface area contributed by atoms with Gasteiger partial charge in [-0.1, -0.05) is 0 Å². The number of aromatic nitrogens is 1. The Kier molecular flexibility index (Phi) is 4.56. The summed E-state index contributed by atoms with van der Waals surface area (Å²) in [6, 6.07) is -0.985. The van der Waals surface area contributed by atoms with Gasteiger partial charge in [0.2, 0.25) is 0 Å². The van der Waals surface area contributed by atoms with Gasteiger partial charge in [0.15, 0.2) is 0 Å². The van der Waals surface area contributed by atoms with E-state index in [0.717, 1.165) is 5.01 Å². The second-order valence-corrected chi connectivity index (χ2v) is 5.63. The first-order valence-electron chi connectivity index (χ1n) is 6.24. The van der Waals surface area contributed by atoms with Crippen molar-refractivity contribution >= 4 is 23.3 Å². The Morgan fingerprint density at radius 3 is 2.95 bits per heavy atom. The molecule has 0 bridgehead atoms. The van der Waals surface area contributed by atoms with Gasteiger partial charge >= 0.3 is 12.0 Å². The van der Waals surface area contributed by atoms with Crippen molar-refractivity contribution in [2.24, 2.45) is 5.92 Å². The minimum atomic E-state index is -0.944. The van der Waals surface area contributed by atoms with Crippen LogP contribution in [0.15, 0.2) is 11.6 Å². The number of nitrogens with one attached hydrogen (secondary N) is 1. The number of nitrogens with zero attached hydrogens (tertiary/aromatic N) is 2. The molecule has 1 fully saturated rings. The maximum absolute atomic E-state index is 12.1. The number of amides is 2. The third kappa shape index (κ3) is 3.07. The van der Waals surface area contributed by atoms with Gasteiger partial charge in [0.1, 0.15) is 10.9 Å². The Hall–Kier alpha value is -1.67. The lowest BCUT2D eigenvalue weighted by Crippen LogP contribution is -2.48. The van der Waals surface area contributed by atoms with Gasteiger partial charge < -0.3 is 20.1 Å². The van der Waals surface area contributed by atoms with E-state index in [1.807, 2.05) is 12.3 Å². The molecule has 0 radical (unpaired) electrons. The van der Waals surface area contributed by atoms with E-state index in [4.69, 9.17) is 9.84 Å². The summed E-state index contributed by atoms with van der Waals surface area (Å²) in [6.45, 7) is 2.22. The van der Waals surface area contributed by atoms with Gasteiger partial charge in [0.25, 0.3) is 0 Å². The second-order valence-electron chi connectivity index (χ2n) is 4.70. The van der Waals surface area contributed by atoms with E-state index in [2.05, 4.69) is 10.3 Å². The van der Waals surface area contributed by atoms with Crippen LogP contribution >= 0.6 is 11.3 Å². The summed E-state index contributed by atoms with van der Waals surface area (Å²) in [5.74, 6) is -1.62. The van der Waals surface area contributed by atoms with Gasteiger partial charge in [0.05, 0.1) is 25.3 Å². The van der Waals surface area contributed by atoms with Crippen LogP contribution in [0, 0.1) is 5.92 Å². The first kappa shape index (κ1) is 14.7. The third-order valence-electron chi connectivity index (χ3n) is 3.35. The molecule has 1 saturated heterocycles. The number of hydrogen-bond donors (Lipinski definition) is 2. The third-order valence-corrected chi connectivity index (χ3v) is 4.31. The highest BCUT2D eigenvalue weighted by atomic mass is 32.1. The number of hydrogen-bond acceptors (Lipinski definition) is 5. The van der Waals surface area contributed by atoms with E-state index in [0.29, 0.717) is 0 Å². The van der Waals surface area contributed by atoms with Crippen molar-refractivity contribution in [2.45, 2.75) is 19.0 Å². The van der Waals surface area contributed by atoms with E-state index < -0.39 is 17.9 Å². The van der Waals surface area contributed by atoms with Crippen molar-refractivity contribution in [3.63, 3.8) is 0 Å². The smallest absolute Gasteiger partial charge is 0.318 e. The quantitative estimate of drug-likeness (QED) is 0.863. The zero-order valence-electron chi connectivity index (χ0n) is 11.3.